The molecule has 0 spiro atoms. The lowest BCUT2D eigenvalue weighted by molar-refractivity contribution is -0.131. The van der Waals surface area contributed by atoms with E-state index in [1.165, 1.54) is 11.8 Å². The van der Waals surface area contributed by atoms with Crippen LogP contribution < -0.4 is 5.48 Å². The molecule has 6 heteroatoms. The molecular weight excluding hydrogens is 250 g/mol. The Hall–Kier alpha value is -0.490. The van der Waals surface area contributed by atoms with Crippen molar-refractivity contribution in [1.29, 1.82) is 0 Å². The first-order valence-corrected chi connectivity index (χ1v) is 6.29. The Morgan fingerprint density at radius 3 is 2.75 bits per heavy atom. The van der Waals surface area contributed by atoms with Gasteiger partial charge in [0.2, 0.25) is 0 Å². The van der Waals surface area contributed by atoms with Gasteiger partial charge in [-0.3, -0.25) is 9.63 Å². The van der Waals surface area contributed by atoms with Crippen molar-refractivity contribution in [3.05, 3.63) is 22.1 Å². The normalized spacial score (nSPS) is 14.8. The molecular formula is C10H16ClNO3S. The molecule has 0 rings (SSSR count). The number of aliphatic hydroxyl groups is 1. The number of allylic oxidation sites excluding steroid dienone is 1. The highest BCUT2D eigenvalue weighted by molar-refractivity contribution is 8.03. The smallest absolute Gasteiger partial charge is 0.276 e. The second-order valence-corrected chi connectivity index (χ2v) is 4.40. The highest BCUT2D eigenvalue weighted by Crippen LogP contribution is 2.22. The first-order chi connectivity index (χ1) is 7.52. The van der Waals surface area contributed by atoms with E-state index in [2.05, 4.69) is 5.48 Å². The van der Waals surface area contributed by atoms with Crippen LogP contribution in [0.3, 0.4) is 0 Å². The van der Waals surface area contributed by atoms with Crippen LogP contribution in [0.2, 0.25) is 0 Å². The van der Waals surface area contributed by atoms with E-state index in [1.807, 2.05) is 0 Å². The van der Waals surface area contributed by atoms with E-state index >= 15 is 0 Å². The molecule has 4 nitrogen and oxygen atoms in total. The highest BCUT2D eigenvalue weighted by atomic mass is 35.5. The monoisotopic (exact) mass is 265 g/mol. The molecule has 0 heterocycles. The zero-order valence-corrected chi connectivity index (χ0v) is 11.1. The van der Waals surface area contributed by atoms with Crippen molar-refractivity contribution in [2.45, 2.75) is 20.0 Å². The van der Waals surface area contributed by atoms with Gasteiger partial charge in [-0.05, 0) is 20.1 Å². The molecule has 0 bridgehead atoms. The molecule has 92 valence electrons. The van der Waals surface area contributed by atoms with Crippen LogP contribution in [0.5, 0.6) is 0 Å². The van der Waals surface area contributed by atoms with E-state index in [0.29, 0.717) is 9.94 Å². The molecule has 0 aromatic heterocycles. The summed E-state index contributed by atoms with van der Waals surface area (Å²) in [4.78, 5) is 16.4. The van der Waals surface area contributed by atoms with Gasteiger partial charge in [-0.2, -0.15) is 0 Å². The van der Waals surface area contributed by atoms with Gasteiger partial charge in [0.1, 0.15) is 6.61 Å². The van der Waals surface area contributed by atoms with Crippen molar-refractivity contribution in [2.24, 2.45) is 0 Å². The molecule has 0 aliphatic heterocycles. The van der Waals surface area contributed by atoms with E-state index in [-0.39, 0.29) is 6.61 Å². The third kappa shape index (κ3) is 6.17. The van der Waals surface area contributed by atoms with Gasteiger partial charge in [0, 0.05) is 0 Å². The van der Waals surface area contributed by atoms with Crippen LogP contribution in [0.4, 0.5) is 0 Å². The van der Waals surface area contributed by atoms with Crippen LogP contribution in [-0.2, 0) is 9.63 Å². The van der Waals surface area contributed by atoms with Gasteiger partial charge in [0.25, 0.3) is 5.91 Å². The average molecular weight is 266 g/mol. The number of rotatable bonds is 6. The molecule has 0 aliphatic rings. The topological polar surface area (TPSA) is 58.6 Å². The van der Waals surface area contributed by atoms with Crippen molar-refractivity contribution < 1.29 is 14.7 Å². The molecule has 16 heavy (non-hydrogen) atoms. The minimum Gasteiger partial charge on any atom is -0.391 e. The number of carbonyl (C=O) groups is 1. The largest absolute Gasteiger partial charge is 0.391 e. The van der Waals surface area contributed by atoms with E-state index < -0.39 is 12.0 Å². The van der Waals surface area contributed by atoms with E-state index in [1.54, 1.807) is 32.3 Å². The van der Waals surface area contributed by atoms with Crippen molar-refractivity contribution >= 4 is 29.3 Å². The summed E-state index contributed by atoms with van der Waals surface area (Å²) in [6.07, 6.45) is 4.45. The number of thioether (sulfide) groups is 1. The summed E-state index contributed by atoms with van der Waals surface area (Å²) in [7, 11) is 0. The quantitative estimate of drug-likeness (QED) is 0.437. The third-order valence-corrected chi connectivity index (χ3v) is 2.70. The lowest BCUT2D eigenvalue weighted by Crippen LogP contribution is -2.28. The summed E-state index contributed by atoms with van der Waals surface area (Å²) in [5.41, 5.74) is 2.54. The fourth-order valence-electron chi connectivity index (χ4n) is 0.790. The summed E-state index contributed by atoms with van der Waals surface area (Å²) in [6, 6.07) is 0. The summed E-state index contributed by atoms with van der Waals surface area (Å²) in [5.74, 6) is -0.432. The Bertz CT molecular complexity index is 290. The number of nitrogens with one attached hydrogen (secondary N) is 1. The molecule has 0 fully saturated rings. The first kappa shape index (κ1) is 15.5. The Balaban J connectivity index is 4.42. The van der Waals surface area contributed by atoms with Gasteiger partial charge >= 0.3 is 0 Å². The molecule has 1 amide bonds. The number of carbonyl (C=O) groups excluding carboxylic acids is 1. The summed E-state index contributed by atoms with van der Waals surface area (Å²) in [5, 5.41) is 8.93. The molecule has 0 unspecified atom stereocenters. The van der Waals surface area contributed by atoms with Crippen LogP contribution >= 0.6 is 23.4 Å². The number of aliphatic hydroxyl groups excluding tert-OH is 1. The molecule has 1 atom stereocenters. The van der Waals surface area contributed by atoms with E-state index in [0.717, 1.165) is 0 Å². The third-order valence-electron chi connectivity index (χ3n) is 1.46. The standard InChI is InChI=1S/C10H16ClNO3S/c1-4-5-8(9(11)16-3)10(14)12-15-6-7(2)13/h4-5,7,13H,6H2,1-3H3,(H,12,14)/b5-4+,9-8+/t7-/m0/s1. The van der Waals surface area contributed by atoms with Crippen molar-refractivity contribution in [3.63, 3.8) is 0 Å². The zero-order chi connectivity index (χ0) is 12.6. The van der Waals surface area contributed by atoms with Crippen LogP contribution in [0.15, 0.2) is 22.1 Å². The zero-order valence-electron chi connectivity index (χ0n) is 9.49. The molecule has 0 radical (unpaired) electrons. The highest BCUT2D eigenvalue weighted by Gasteiger charge is 2.11. The number of hydroxylamine groups is 1. The molecule has 0 aromatic rings. The van der Waals surface area contributed by atoms with Crippen molar-refractivity contribution in [2.75, 3.05) is 12.9 Å². The maximum absolute atomic E-state index is 11.6. The molecule has 0 saturated heterocycles. The lowest BCUT2D eigenvalue weighted by atomic mass is 10.3. The van der Waals surface area contributed by atoms with Gasteiger partial charge in [0.15, 0.2) is 0 Å². The average Bonchev–Trinajstić information content (AvgIpc) is 2.24. The van der Waals surface area contributed by atoms with Crippen molar-refractivity contribution in [1.82, 2.24) is 5.48 Å². The summed E-state index contributed by atoms with van der Waals surface area (Å²) < 4.78 is 0.385. The predicted octanol–water partition coefficient (Wildman–Crippen LogP) is 1.80. The molecule has 0 aromatic carbocycles. The number of hydrogen-bond acceptors (Lipinski definition) is 4. The van der Waals surface area contributed by atoms with Crippen molar-refractivity contribution in [3.8, 4) is 0 Å². The number of amides is 1. The van der Waals surface area contributed by atoms with Gasteiger partial charge in [-0.25, -0.2) is 5.48 Å². The van der Waals surface area contributed by atoms with Gasteiger partial charge < -0.3 is 5.11 Å². The fourth-order valence-corrected chi connectivity index (χ4v) is 1.32. The fraction of sp³-hybridized carbons (Fsp3) is 0.500. The summed E-state index contributed by atoms with van der Waals surface area (Å²) in [6.45, 7) is 3.38. The number of halogens is 1. The maximum Gasteiger partial charge on any atom is 0.276 e. The molecule has 2 N–H and O–H groups in total. The first-order valence-electron chi connectivity index (χ1n) is 4.69. The van der Waals surface area contributed by atoms with Crippen LogP contribution in [-0.4, -0.2) is 30.0 Å². The lowest BCUT2D eigenvalue weighted by Gasteiger charge is -2.08. The number of hydrogen-bond donors (Lipinski definition) is 2. The van der Waals surface area contributed by atoms with Gasteiger partial charge in [-0.15, -0.1) is 11.8 Å². The second-order valence-electron chi connectivity index (χ2n) is 2.98. The summed E-state index contributed by atoms with van der Waals surface area (Å²) >= 11 is 7.14. The Morgan fingerprint density at radius 1 is 1.69 bits per heavy atom. The Labute approximate surface area is 105 Å². The predicted molar refractivity (Wildman–Crippen MR) is 67.0 cm³/mol. The minimum absolute atomic E-state index is 0.0335. The Morgan fingerprint density at radius 2 is 2.31 bits per heavy atom. The van der Waals surface area contributed by atoms with Crippen LogP contribution in [0, 0.1) is 0 Å². The second kappa shape index (κ2) is 8.64. The van der Waals surface area contributed by atoms with Gasteiger partial charge in [0.05, 0.1) is 16.0 Å². The molecule has 0 aliphatic carbocycles. The van der Waals surface area contributed by atoms with Gasteiger partial charge in [-0.1, -0.05) is 23.8 Å². The van der Waals surface area contributed by atoms with E-state index in [4.69, 9.17) is 21.5 Å². The SMILES string of the molecule is C/C=C/C(C(=O)NOC[C@H](C)O)=C(/Cl)SC. The van der Waals surface area contributed by atoms with Crippen LogP contribution in [0.1, 0.15) is 13.8 Å². The Kier molecular flexibility index (Phi) is 8.37. The van der Waals surface area contributed by atoms with E-state index in [9.17, 15) is 4.79 Å². The van der Waals surface area contributed by atoms with Crippen LogP contribution in [0.25, 0.3) is 0 Å². The maximum atomic E-state index is 11.6. The minimum atomic E-state index is -0.634. The molecule has 0 saturated carbocycles.